The molecule has 1 aliphatic rings. The highest BCUT2D eigenvalue weighted by Crippen LogP contribution is 2.37. The molecule has 1 fully saturated rings. The minimum Gasteiger partial charge on any atom is -0.495 e. The summed E-state index contributed by atoms with van der Waals surface area (Å²) in [5, 5.41) is 5.23. The van der Waals surface area contributed by atoms with Gasteiger partial charge < -0.3 is 15.4 Å². The van der Waals surface area contributed by atoms with Gasteiger partial charge in [0.15, 0.2) is 0 Å². The summed E-state index contributed by atoms with van der Waals surface area (Å²) in [7, 11) is 1.48. The average molecular weight is 626 g/mol. The van der Waals surface area contributed by atoms with Gasteiger partial charge in [0, 0.05) is 22.6 Å². The third kappa shape index (κ3) is 7.02. The summed E-state index contributed by atoms with van der Waals surface area (Å²) in [5.41, 5.74) is 3.03. The fourth-order valence-corrected chi connectivity index (χ4v) is 5.98. The fraction of sp³-hybridized carbons (Fsp3) is 0.118. The number of anilines is 2. The highest BCUT2D eigenvalue weighted by atomic mass is 35.5. The van der Waals surface area contributed by atoms with Crippen molar-refractivity contribution >= 4 is 64.4 Å². The summed E-state index contributed by atoms with van der Waals surface area (Å²) in [5.74, 6) is -1.19. The van der Waals surface area contributed by atoms with E-state index in [2.05, 4.69) is 10.6 Å². The molecule has 0 aromatic heterocycles. The Hall–Kier alpha value is -4.86. The van der Waals surface area contributed by atoms with Crippen LogP contribution in [0.5, 0.6) is 5.75 Å². The fourth-order valence-electron chi connectivity index (χ4n) is 4.62. The molecule has 4 aromatic carbocycles. The van der Waals surface area contributed by atoms with Crippen LogP contribution in [0.3, 0.4) is 0 Å². The van der Waals surface area contributed by atoms with Crippen LogP contribution < -0.4 is 20.3 Å². The number of methoxy groups -OCH3 is 1. The Morgan fingerprint density at radius 3 is 2.43 bits per heavy atom. The second-order valence-corrected chi connectivity index (χ2v) is 11.6. The number of benzene rings is 4. The monoisotopic (exact) mass is 625 g/mol. The van der Waals surface area contributed by atoms with Gasteiger partial charge in [-0.15, -0.1) is 11.8 Å². The first kappa shape index (κ1) is 30.6. The van der Waals surface area contributed by atoms with Crippen LogP contribution in [-0.2, 0) is 14.4 Å². The predicted octanol–water partition coefficient (Wildman–Crippen LogP) is 6.49. The standard InChI is InChI=1S/C34H28ClN3O5S/c1-21-9-6-7-12-23(21)17-28(37-32(40)22-10-4-3-5-11-22)33(41)36-24-13-8-14-26(18-24)44-30-20-31(39)38(34(30)42)25-15-16-29(43-2)27(35)19-25/h3-19,30H,20H2,1-2H3,(H,36,41)(H,37,40)/b28-17-/t30-/m0/s1. The number of nitrogens with zero attached hydrogens (tertiary/aromatic N) is 1. The molecule has 1 heterocycles. The second-order valence-electron chi connectivity index (χ2n) is 9.91. The molecule has 5 rings (SSSR count). The number of imide groups is 1. The Labute approximate surface area is 264 Å². The number of rotatable bonds is 9. The van der Waals surface area contributed by atoms with Crippen LogP contribution in [0.2, 0.25) is 5.02 Å². The first-order chi connectivity index (χ1) is 21.2. The Morgan fingerprint density at radius 1 is 0.955 bits per heavy atom. The summed E-state index contributed by atoms with van der Waals surface area (Å²) in [6, 6.07) is 27.9. The minimum absolute atomic E-state index is 0.0125. The predicted molar refractivity (Wildman–Crippen MR) is 173 cm³/mol. The maximum absolute atomic E-state index is 13.5. The zero-order valence-electron chi connectivity index (χ0n) is 23.9. The number of amides is 4. The Balaban J connectivity index is 1.33. The van der Waals surface area contributed by atoms with Gasteiger partial charge in [-0.3, -0.25) is 19.2 Å². The first-order valence-corrected chi connectivity index (χ1v) is 14.9. The summed E-state index contributed by atoms with van der Waals surface area (Å²) >= 11 is 7.45. The highest BCUT2D eigenvalue weighted by Gasteiger charge is 2.40. The Morgan fingerprint density at radius 2 is 1.70 bits per heavy atom. The minimum atomic E-state index is -0.656. The van der Waals surface area contributed by atoms with E-state index in [1.807, 2.05) is 31.2 Å². The molecule has 0 unspecified atom stereocenters. The topological polar surface area (TPSA) is 105 Å². The SMILES string of the molecule is COc1ccc(N2C(=O)C[C@H](Sc3cccc(NC(=O)/C(=C/c4ccccc4C)NC(=O)c4ccccc4)c3)C2=O)cc1Cl. The molecule has 4 amide bonds. The van der Waals surface area contributed by atoms with Gasteiger partial charge in [0.25, 0.3) is 11.8 Å². The number of carbonyl (C=O) groups excluding carboxylic acids is 4. The number of nitrogens with one attached hydrogen (secondary N) is 2. The van der Waals surface area contributed by atoms with Gasteiger partial charge in [-0.05, 0) is 72.7 Å². The van der Waals surface area contributed by atoms with Crippen LogP contribution in [0.25, 0.3) is 6.08 Å². The van der Waals surface area contributed by atoms with E-state index in [9.17, 15) is 19.2 Å². The number of thioether (sulfide) groups is 1. The largest absolute Gasteiger partial charge is 0.495 e. The summed E-state index contributed by atoms with van der Waals surface area (Å²) < 4.78 is 5.17. The van der Waals surface area contributed by atoms with Crippen molar-refractivity contribution in [3.8, 4) is 5.75 Å². The Bertz CT molecular complexity index is 1780. The third-order valence-electron chi connectivity index (χ3n) is 6.89. The number of aryl methyl sites for hydroxylation is 1. The van der Waals surface area contributed by atoms with Crippen molar-refractivity contribution < 1.29 is 23.9 Å². The maximum atomic E-state index is 13.5. The van der Waals surface area contributed by atoms with E-state index in [1.165, 1.54) is 24.9 Å². The quantitative estimate of drug-likeness (QED) is 0.163. The van der Waals surface area contributed by atoms with Crippen molar-refractivity contribution in [3.05, 3.63) is 124 Å². The van der Waals surface area contributed by atoms with Crippen LogP contribution in [0, 0.1) is 6.92 Å². The van der Waals surface area contributed by atoms with E-state index in [4.69, 9.17) is 16.3 Å². The lowest BCUT2D eigenvalue weighted by atomic mass is 10.1. The molecule has 1 aliphatic heterocycles. The zero-order chi connectivity index (χ0) is 31.2. The maximum Gasteiger partial charge on any atom is 0.272 e. The molecular formula is C34H28ClN3O5S. The highest BCUT2D eigenvalue weighted by molar-refractivity contribution is 8.00. The van der Waals surface area contributed by atoms with Gasteiger partial charge in [-0.25, -0.2) is 4.90 Å². The van der Waals surface area contributed by atoms with E-state index in [1.54, 1.807) is 72.8 Å². The van der Waals surface area contributed by atoms with Crippen LogP contribution >= 0.6 is 23.4 Å². The molecule has 0 bridgehead atoms. The van der Waals surface area contributed by atoms with E-state index in [0.717, 1.165) is 16.0 Å². The smallest absolute Gasteiger partial charge is 0.272 e. The van der Waals surface area contributed by atoms with Crippen LogP contribution in [0.4, 0.5) is 11.4 Å². The van der Waals surface area contributed by atoms with Crippen molar-refractivity contribution in [3.63, 3.8) is 0 Å². The molecule has 0 aliphatic carbocycles. The molecule has 4 aromatic rings. The lowest BCUT2D eigenvalue weighted by Gasteiger charge is -2.16. The molecule has 0 spiro atoms. The van der Waals surface area contributed by atoms with Crippen molar-refractivity contribution in [1.82, 2.24) is 5.32 Å². The van der Waals surface area contributed by atoms with Gasteiger partial charge in [-0.1, -0.05) is 60.1 Å². The summed E-state index contributed by atoms with van der Waals surface area (Å²) in [6.07, 6.45) is 1.64. The molecule has 1 saturated heterocycles. The van der Waals surface area contributed by atoms with Crippen LogP contribution in [0.1, 0.15) is 27.9 Å². The number of hydrogen-bond acceptors (Lipinski definition) is 6. The molecule has 10 heteroatoms. The lowest BCUT2D eigenvalue weighted by molar-refractivity contribution is -0.121. The van der Waals surface area contributed by atoms with Crippen molar-refractivity contribution in [2.24, 2.45) is 0 Å². The van der Waals surface area contributed by atoms with E-state index in [-0.39, 0.29) is 23.9 Å². The molecule has 222 valence electrons. The van der Waals surface area contributed by atoms with Crippen molar-refractivity contribution in [2.75, 3.05) is 17.3 Å². The Kier molecular flexibility index (Phi) is 9.47. The van der Waals surface area contributed by atoms with E-state index in [0.29, 0.717) is 32.6 Å². The van der Waals surface area contributed by atoms with Crippen LogP contribution in [-0.4, -0.2) is 36.0 Å². The second kappa shape index (κ2) is 13.6. The van der Waals surface area contributed by atoms with E-state index < -0.39 is 17.1 Å². The number of hydrogen-bond donors (Lipinski definition) is 2. The molecule has 44 heavy (non-hydrogen) atoms. The van der Waals surface area contributed by atoms with Gasteiger partial charge in [-0.2, -0.15) is 0 Å². The zero-order valence-corrected chi connectivity index (χ0v) is 25.4. The number of ether oxygens (including phenoxy) is 1. The molecule has 1 atom stereocenters. The van der Waals surface area contributed by atoms with Crippen molar-refractivity contribution in [2.45, 2.75) is 23.5 Å². The summed E-state index contributed by atoms with van der Waals surface area (Å²) in [6.45, 7) is 1.92. The number of carbonyl (C=O) groups is 4. The molecule has 2 N–H and O–H groups in total. The molecular weight excluding hydrogens is 598 g/mol. The average Bonchev–Trinajstić information content (AvgIpc) is 3.30. The normalized spacial score (nSPS) is 14.8. The molecule has 0 saturated carbocycles. The molecule has 0 radical (unpaired) electrons. The van der Waals surface area contributed by atoms with Crippen molar-refractivity contribution in [1.29, 1.82) is 0 Å². The van der Waals surface area contributed by atoms with E-state index >= 15 is 0 Å². The number of halogens is 1. The third-order valence-corrected chi connectivity index (χ3v) is 8.36. The first-order valence-electron chi connectivity index (χ1n) is 13.7. The molecule has 8 nitrogen and oxygen atoms in total. The summed E-state index contributed by atoms with van der Waals surface area (Å²) in [4.78, 5) is 54.3. The van der Waals surface area contributed by atoms with Gasteiger partial charge in [0.1, 0.15) is 11.4 Å². The van der Waals surface area contributed by atoms with Gasteiger partial charge >= 0.3 is 0 Å². The van der Waals surface area contributed by atoms with Gasteiger partial charge in [0.2, 0.25) is 11.8 Å². The lowest BCUT2D eigenvalue weighted by Crippen LogP contribution is -2.31. The van der Waals surface area contributed by atoms with Gasteiger partial charge in [0.05, 0.1) is 23.1 Å². The van der Waals surface area contributed by atoms with Crippen LogP contribution in [0.15, 0.2) is 108 Å².